The number of nitrogens with zero attached hydrogens (tertiary/aromatic N) is 1. The molecular formula is C20H30N3O3+. The quantitative estimate of drug-likeness (QED) is 0.796. The zero-order valence-corrected chi connectivity index (χ0v) is 16.6. The standard InChI is InChI=1S/C20H29N3O3/c1-13(2)20(4,12-21)22-19(24)14(3)23-8-7-15-9-17(25-5)18(26-6)10-16(15)11-23/h9-10,13-14H,7-8,11H2,1-6H3,(H,22,24)/p+1/t14-,20+/m0/s1. The van der Waals surface area contributed by atoms with Crippen molar-refractivity contribution in [1.82, 2.24) is 5.32 Å². The molecule has 6 nitrogen and oxygen atoms in total. The van der Waals surface area contributed by atoms with Gasteiger partial charge >= 0.3 is 0 Å². The average molecular weight is 360 g/mol. The summed E-state index contributed by atoms with van der Waals surface area (Å²) < 4.78 is 10.8. The van der Waals surface area contributed by atoms with E-state index in [9.17, 15) is 10.1 Å². The van der Waals surface area contributed by atoms with Gasteiger partial charge in [-0.15, -0.1) is 0 Å². The third kappa shape index (κ3) is 3.94. The summed E-state index contributed by atoms with van der Waals surface area (Å²) in [6.45, 7) is 9.20. The minimum Gasteiger partial charge on any atom is -0.493 e. The Morgan fingerprint density at radius 2 is 1.81 bits per heavy atom. The Hall–Kier alpha value is -2.26. The number of ether oxygens (including phenoxy) is 2. The summed E-state index contributed by atoms with van der Waals surface area (Å²) in [4.78, 5) is 13.9. The molecule has 3 atom stereocenters. The van der Waals surface area contributed by atoms with Gasteiger partial charge in [0.15, 0.2) is 17.5 Å². The van der Waals surface area contributed by atoms with Crippen LogP contribution in [0.2, 0.25) is 0 Å². The fourth-order valence-electron chi connectivity index (χ4n) is 3.21. The van der Waals surface area contributed by atoms with E-state index in [0.717, 1.165) is 25.3 Å². The molecule has 0 aliphatic carbocycles. The first-order valence-corrected chi connectivity index (χ1v) is 9.07. The molecule has 0 saturated heterocycles. The van der Waals surface area contributed by atoms with Gasteiger partial charge in [0.2, 0.25) is 0 Å². The van der Waals surface area contributed by atoms with Crippen molar-refractivity contribution >= 4 is 5.91 Å². The summed E-state index contributed by atoms with van der Waals surface area (Å²) in [5.41, 5.74) is 1.56. The largest absolute Gasteiger partial charge is 0.493 e. The molecule has 1 aromatic rings. The number of rotatable bonds is 6. The van der Waals surface area contributed by atoms with Crippen LogP contribution in [-0.4, -0.2) is 38.3 Å². The molecule has 0 aromatic heterocycles. The SMILES string of the molecule is COc1cc2c(cc1OC)C[NH+]([C@@H](C)C(=O)N[C@](C)(C#N)C(C)C)CC2. The summed E-state index contributed by atoms with van der Waals surface area (Å²) in [6, 6.07) is 6.04. The Labute approximate surface area is 156 Å². The number of nitriles is 1. The third-order valence-electron chi connectivity index (χ3n) is 5.61. The van der Waals surface area contributed by atoms with Crippen molar-refractivity contribution in [3.8, 4) is 17.6 Å². The highest BCUT2D eigenvalue weighted by Gasteiger charge is 2.36. The van der Waals surface area contributed by atoms with E-state index in [1.807, 2.05) is 32.9 Å². The summed E-state index contributed by atoms with van der Waals surface area (Å²) in [6.07, 6.45) is 0.877. The second-order valence-corrected chi connectivity index (χ2v) is 7.49. The molecule has 0 saturated carbocycles. The minimum absolute atomic E-state index is 0.0393. The van der Waals surface area contributed by atoms with E-state index in [1.54, 1.807) is 21.1 Å². The van der Waals surface area contributed by atoms with Crippen molar-refractivity contribution in [2.24, 2.45) is 5.92 Å². The lowest BCUT2D eigenvalue weighted by Crippen LogP contribution is -3.16. The molecule has 0 bridgehead atoms. The number of benzene rings is 1. The van der Waals surface area contributed by atoms with Gasteiger partial charge in [-0.05, 0) is 37.5 Å². The average Bonchev–Trinajstić information content (AvgIpc) is 2.65. The van der Waals surface area contributed by atoms with Crippen LogP contribution in [-0.2, 0) is 17.8 Å². The van der Waals surface area contributed by atoms with E-state index >= 15 is 0 Å². The highest BCUT2D eigenvalue weighted by atomic mass is 16.5. The van der Waals surface area contributed by atoms with Crippen LogP contribution in [0.3, 0.4) is 0 Å². The van der Waals surface area contributed by atoms with E-state index in [1.165, 1.54) is 16.0 Å². The van der Waals surface area contributed by atoms with Crippen molar-refractivity contribution in [3.05, 3.63) is 23.3 Å². The molecule has 0 spiro atoms. The first kappa shape index (κ1) is 20.1. The Bertz CT molecular complexity index is 711. The van der Waals surface area contributed by atoms with Gasteiger partial charge in [-0.1, -0.05) is 13.8 Å². The number of nitrogens with one attached hydrogen (secondary N) is 2. The van der Waals surface area contributed by atoms with Crippen molar-refractivity contribution in [3.63, 3.8) is 0 Å². The zero-order chi connectivity index (χ0) is 19.5. The maximum absolute atomic E-state index is 12.7. The smallest absolute Gasteiger partial charge is 0.279 e. The van der Waals surface area contributed by atoms with Crippen LogP contribution in [0.5, 0.6) is 11.5 Å². The Morgan fingerprint density at radius 1 is 1.23 bits per heavy atom. The number of carbonyl (C=O) groups is 1. The number of methoxy groups -OCH3 is 2. The van der Waals surface area contributed by atoms with Gasteiger partial charge in [0, 0.05) is 12.0 Å². The first-order chi connectivity index (χ1) is 12.3. The molecule has 142 valence electrons. The maximum Gasteiger partial charge on any atom is 0.279 e. The van der Waals surface area contributed by atoms with Gasteiger partial charge in [0.25, 0.3) is 5.91 Å². The number of quaternary nitrogens is 1. The van der Waals surface area contributed by atoms with E-state index in [0.29, 0.717) is 5.75 Å². The fraction of sp³-hybridized carbons (Fsp3) is 0.600. The normalized spacial score (nSPS) is 19.7. The van der Waals surface area contributed by atoms with Crippen molar-refractivity contribution in [1.29, 1.82) is 5.26 Å². The Morgan fingerprint density at radius 3 is 2.31 bits per heavy atom. The van der Waals surface area contributed by atoms with Crippen molar-refractivity contribution < 1.29 is 19.2 Å². The molecule has 1 heterocycles. The van der Waals surface area contributed by atoms with Crippen LogP contribution >= 0.6 is 0 Å². The molecule has 2 rings (SSSR count). The van der Waals surface area contributed by atoms with Crippen LogP contribution < -0.4 is 19.7 Å². The second kappa shape index (κ2) is 7.96. The lowest BCUT2D eigenvalue weighted by atomic mass is 9.89. The predicted octanol–water partition coefficient (Wildman–Crippen LogP) is 1.09. The van der Waals surface area contributed by atoms with Gasteiger partial charge in [-0.2, -0.15) is 5.26 Å². The van der Waals surface area contributed by atoms with Crippen LogP contribution in [0.4, 0.5) is 0 Å². The lowest BCUT2D eigenvalue weighted by molar-refractivity contribution is -0.929. The van der Waals surface area contributed by atoms with Crippen molar-refractivity contribution in [2.75, 3.05) is 20.8 Å². The van der Waals surface area contributed by atoms with E-state index < -0.39 is 5.54 Å². The third-order valence-corrected chi connectivity index (χ3v) is 5.61. The van der Waals surface area contributed by atoms with Gasteiger partial charge < -0.3 is 19.7 Å². The first-order valence-electron chi connectivity index (χ1n) is 9.07. The van der Waals surface area contributed by atoms with Gasteiger partial charge in [0.1, 0.15) is 12.1 Å². The van der Waals surface area contributed by atoms with Crippen molar-refractivity contribution in [2.45, 2.75) is 52.2 Å². The molecule has 1 aromatic carbocycles. The molecule has 2 N–H and O–H groups in total. The Balaban J connectivity index is 2.15. The number of fused-ring (bicyclic) bond motifs is 1. The summed E-state index contributed by atoms with van der Waals surface area (Å²) in [5.74, 6) is 1.41. The molecule has 0 fully saturated rings. The number of hydrogen-bond acceptors (Lipinski definition) is 4. The molecule has 1 aliphatic rings. The summed E-state index contributed by atoms with van der Waals surface area (Å²) in [7, 11) is 3.26. The minimum atomic E-state index is -0.852. The van der Waals surface area contributed by atoms with Crippen LogP contribution in [0, 0.1) is 17.2 Å². The monoisotopic (exact) mass is 360 g/mol. The number of amides is 1. The van der Waals surface area contributed by atoms with Crippen LogP contribution in [0.25, 0.3) is 0 Å². The van der Waals surface area contributed by atoms with Crippen LogP contribution in [0.15, 0.2) is 12.1 Å². The second-order valence-electron chi connectivity index (χ2n) is 7.49. The number of hydrogen-bond donors (Lipinski definition) is 2. The summed E-state index contributed by atoms with van der Waals surface area (Å²) >= 11 is 0. The Kier molecular flexibility index (Phi) is 6.14. The molecular weight excluding hydrogens is 330 g/mol. The van der Waals surface area contributed by atoms with Gasteiger partial charge in [-0.25, -0.2) is 0 Å². The van der Waals surface area contributed by atoms with Crippen LogP contribution in [0.1, 0.15) is 38.8 Å². The van der Waals surface area contributed by atoms with E-state index in [4.69, 9.17) is 9.47 Å². The highest BCUT2D eigenvalue weighted by Crippen LogP contribution is 2.31. The van der Waals surface area contributed by atoms with Gasteiger partial charge in [0.05, 0.1) is 26.8 Å². The van der Waals surface area contributed by atoms with E-state index in [-0.39, 0.29) is 17.9 Å². The molecule has 26 heavy (non-hydrogen) atoms. The molecule has 6 heteroatoms. The van der Waals surface area contributed by atoms with E-state index in [2.05, 4.69) is 11.4 Å². The highest BCUT2D eigenvalue weighted by molar-refractivity contribution is 5.81. The lowest BCUT2D eigenvalue weighted by Gasteiger charge is -2.33. The predicted molar refractivity (Wildman–Crippen MR) is 99.2 cm³/mol. The maximum atomic E-state index is 12.7. The fourth-order valence-corrected chi connectivity index (χ4v) is 3.21. The molecule has 0 radical (unpaired) electrons. The zero-order valence-electron chi connectivity index (χ0n) is 16.6. The topological polar surface area (TPSA) is 75.8 Å². The molecule has 1 unspecified atom stereocenters. The molecule has 1 aliphatic heterocycles. The van der Waals surface area contributed by atoms with Gasteiger partial charge in [-0.3, -0.25) is 4.79 Å². The number of carbonyl (C=O) groups excluding carboxylic acids is 1. The summed E-state index contributed by atoms with van der Waals surface area (Å²) in [5, 5.41) is 12.4. The molecule has 1 amide bonds.